The average molecular weight is 417 g/mol. The van der Waals surface area contributed by atoms with E-state index in [0.29, 0.717) is 46.6 Å². The van der Waals surface area contributed by atoms with Crippen LogP contribution in [0.3, 0.4) is 0 Å². The van der Waals surface area contributed by atoms with Crippen LogP contribution >= 0.6 is 35.0 Å². The molecule has 26 heavy (non-hydrogen) atoms. The van der Waals surface area contributed by atoms with Gasteiger partial charge in [-0.15, -0.1) is 0 Å². The van der Waals surface area contributed by atoms with Gasteiger partial charge in [0.25, 0.3) is 0 Å². The Kier molecular flexibility index (Phi) is 6.27. The molecule has 2 aromatic carbocycles. The zero-order valence-corrected chi connectivity index (χ0v) is 16.0. The summed E-state index contributed by atoms with van der Waals surface area (Å²) < 4.78 is 27.4. The van der Waals surface area contributed by atoms with Crippen LogP contribution in [0.1, 0.15) is 17.2 Å². The molecule has 8 heteroatoms. The summed E-state index contributed by atoms with van der Waals surface area (Å²) in [7, 11) is 0. The van der Waals surface area contributed by atoms with E-state index in [1.807, 2.05) is 0 Å². The first-order valence-electron chi connectivity index (χ1n) is 8.01. The van der Waals surface area contributed by atoms with Crippen LogP contribution < -0.4 is 5.32 Å². The van der Waals surface area contributed by atoms with Crippen molar-refractivity contribution in [2.24, 2.45) is 0 Å². The van der Waals surface area contributed by atoms with Crippen LogP contribution in [0.4, 0.5) is 19.3 Å². The van der Waals surface area contributed by atoms with E-state index < -0.39 is 11.6 Å². The zero-order valence-electron chi connectivity index (χ0n) is 13.6. The number of thioether (sulfide) groups is 1. The molecule has 2 aromatic rings. The maximum absolute atomic E-state index is 14.0. The summed E-state index contributed by atoms with van der Waals surface area (Å²) in [6.45, 7) is 0.964. The minimum Gasteiger partial charge on any atom is -0.324 e. The van der Waals surface area contributed by atoms with E-state index in [4.69, 9.17) is 23.2 Å². The van der Waals surface area contributed by atoms with E-state index in [-0.39, 0.29) is 11.3 Å². The lowest BCUT2D eigenvalue weighted by atomic mass is 10.1. The number of anilines is 1. The molecule has 1 N–H and O–H groups in total. The van der Waals surface area contributed by atoms with E-state index in [9.17, 15) is 13.6 Å². The predicted octanol–water partition coefficient (Wildman–Crippen LogP) is 5.98. The molecule has 0 bridgehead atoms. The SMILES string of the molecule is O=C(Nc1ccc(Cl)c(Cl)c1)N1CCSC(c2cc(F)ccc2F)CC1. The summed E-state index contributed by atoms with van der Waals surface area (Å²) >= 11 is 13.4. The fraction of sp³-hybridized carbons (Fsp3) is 0.278. The summed E-state index contributed by atoms with van der Waals surface area (Å²) in [5, 5.41) is 3.37. The molecule has 3 rings (SSSR count). The third-order valence-corrected chi connectivity index (χ3v) is 6.15. The highest BCUT2D eigenvalue weighted by Gasteiger charge is 2.24. The lowest BCUT2D eigenvalue weighted by Gasteiger charge is -2.21. The fourth-order valence-electron chi connectivity index (χ4n) is 2.76. The minimum atomic E-state index is -0.458. The number of amides is 2. The molecule has 1 heterocycles. The third kappa shape index (κ3) is 4.61. The van der Waals surface area contributed by atoms with Crippen LogP contribution in [0.25, 0.3) is 0 Å². The minimum absolute atomic E-state index is 0.187. The molecule has 0 radical (unpaired) electrons. The van der Waals surface area contributed by atoms with Gasteiger partial charge in [-0.2, -0.15) is 11.8 Å². The molecule has 138 valence electrons. The lowest BCUT2D eigenvalue weighted by Crippen LogP contribution is -2.36. The first-order valence-corrected chi connectivity index (χ1v) is 9.82. The van der Waals surface area contributed by atoms with Gasteiger partial charge in [-0.1, -0.05) is 23.2 Å². The van der Waals surface area contributed by atoms with Gasteiger partial charge in [-0.3, -0.25) is 0 Å². The Bertz CT molecular complexity index is 822. The Morgan fingerprint density at radius 1 is 1.12 bits per heavy atom. The van der Waals surface area contributed by atoms with E-state index in [0.717, 1.165) is 12.1 Å². The zero-order chi connectivity index (χ0) is 18.7. The van der Waals surface area contributed by atoms with Gasteiger partial charge >= 0.3 is 6.03 Å². The van der Waals surface area contributed by atoms with Crippen molar-refractivity contribution in [1.82, 2.24) is 4.90 Å². The highest BCUT2D eigenvalue weighted by atomic mass is 35.5. The Morgan fingerprint density at radius 3 is 2.69 bits per heavy atom. The largest absolute Gasteiger partial charge is 0.324 e. The Labute approximate surface area is 164 Å². The average Bonchev–Trinajstić information content (AvgIpc) is 2.86. The van der Waals surface area contributed by atoms with Crippen LogP contribution in [-0.2, 0) is 0 Å². The molecule has 1 aliphatic heterocycles. The van der Waals surface area contributed by atoms with Gasteiger partial charge in [0.2, 0.25) is 0 Å². The molecule has 1 unspecified atom stereocenters. The van der Waals surface area contributed by atoms with E-state index in [2.05, 4.69) is 5.32 Å². The van der Waals surface area contributed by atoms with E-state index in [1.54, 1.807) is 23.1 Å². The molecule has 0 aliphatic carbocycles. The van der Waals surface area contributed by atoms with Crippen molar-refractivity contribution in [2.75, 3.05) is 24.2 Å². The number of nitrogens with zero attached hydrogens (tertiary/aromatic N) is 1. The summed E-state index contributed by atoms with van der Waals surface area (Å²) in [6, 6.07) is 8.09. The van der Waals surface area contributed by atoms with Gasteiger partial charge in [-0.05, 0) is 42.8 Å². The number of urea groups is 1. The van der Waals surface area contributed by atoms with Gasteiger partial charge in [0.15, 0.2) is 0 Å². The molecule has 0 spiro atoms. The monoisotopic (exact) mass is 416 g/mol. The third-order valence-electron chi connectivity index (χ3n) is 4.10. The first kappa shape index (κ1) is 19.3. The van der Waals surface area contributed by atoms with E-state index >= 15 is 0 Å². The van der Waals surface area contributed by atoms with Crippen LogP contribution in [0, 0.1) is 11.6 Å². The van der Waals surface area contributed by atoms with Gasteiger partial charge in [-0.25, -0.2) is 13.6 Å². The smallest absolute Gasteiger partial charge is 0.321 e. The lowest BCUT2D eigenvalue weighted by molar-refractivity contribution is 0.215. The number of carbonyl (C=O) groups excluding carboxylic acids is 1. The van der Waals surface area contributed by atoms with E-state index in [1.165, 1.54) is 17.8 Å². The van der Waals surface area contributed by atoms with Crippen molar-refractivity contribution in [3.63, 3.8) is 0 Å². The van der Waals surface area contributed by atoms with Gasteiger partial charge < -0.3 is 10.2 Å². The molecular formula is C18H16Cl2F2N2OS. The quantitative estimate of drug-likeness (QED) is 0.652. The highest BCUT2D eigenvalue weighted by Crippen LogP contribution is 2.36. The standard InChI is InChI=1S/C18H16Cl2F2N2OS/c19-14-3-2-12(10-15(14)20)23-18(25)24-6-5-17(26-8-7-24)13-9-11(21)1-4-16(13)22/h1-4,9-10,17H,5-8H2,(H,23,25). The van der Waals surface area contributed by atoms with Crippen molar-refractivity contribution in [2.45, 2.75) is 11.7 Å². The Balaban J connectivity index is 1.65. The second-order valence-electron chi connectivity index (χ2n) is 5.86. The molecule has 1 atom stereocenters. The van der Waals surface area contributed by atoms with Gasteiger partial charge in [0.05, 0.1) is 10.0 Å². The molecule has 0 saturated carbocycles. The number of rotatable bonds is 2. The van der Waals surface area contributed by atoms with Gasteiger partial charge in [0, 0.05) is 35.3 Å². The predicted molar refractivity (Wildman–Crippen MR) is 103 cm³/mol. The van der Waals surface area contributed by atoms with Crippen molar-refractivity contribution in [3.8, 4) is 0 Å². The normalized spacial score (nSPS) is 17.7. The number of benzene rings is 2. The fourth-order valence-corrected chi connectivity index (χ4v) is 4.30. The first-order chi connectivity index (χ1) is 12.4. The molecule has 1 aliphatic rings. The summed E-state index contributed by atoms with van der Waals surface area (Å²) in [4.78, 5) is 14.1. The topological polar surface area (TPSA) is 32.3 Å². The highest BCUT2D eigenvalue weighted by molar-refractivity contribution is 7.99. The van der Waals surface area contributed by atoms with Crippen LogP contribution in [0.2, 0.25) is 10.0 Å². The van der Waals surface area contributed by atoms with Gasteiger partial charge in [0.1, 0.15) is 11.6 Å². The number of hydrogen-bond donors (Lipinski definition) is 1. The molecule has 0 aromatic heterocycles. The maximum Gasteiger partial charge on any atom is 0.321 e. The van der Waals surface area contributed by atoms with Crippen LogP contribution in [0.5, 0.6) is 0 Å². The van der Waals surface area contributed by atoms with Crippen molar-refractivity contribution < 1.29 is 13.6 Å². The Hall–Kier alpha value is -1.50. The molecule has 3 nitrogen and oxygen atoms in total. The second-order valence-corrected chi connectivity index (χ2v) is 7.99. The van der Waals surface area contributed by atoms with Crippen molar-refractivity contribution >= 4 is 46.7 Å². The molecule has 1 fully saturated rings. The number of carbonyl (C=O) groups is 1. The van der Waals surface area contributed by atoms with Crippen LogP contribution in [-0.4, -0.2) is 29.8 Å². The number of halogens is 4. The molecular weight excluding hydrogens is 401 g/mol. The maximum atomic E-state index is 14.0. The Morgan fingerprint density at radius 2 is 1.92 bits per heavy atom. The summed E-state index contributed by atoms with van der Waals surface area (Å²) in [5.74, 6) is -0.242. The molecule has 2 amide bonds. The molecule has 1 saturated heterocycles. The van der Waals surface area contributed by atoms with Crippen LogP contribution in [0.15, 0.2) is 36.4 Å². The summed E-state index contributed by atoms with van der Waals surface area (Å²) in [6.07, 6.45) is 0.542. The van der Waals surface area contributed by atoms with Crippen molar-refractivity contribution in [3.05, 3.63) is 63.6 Å². The number of nitrogens with one attached hydrogen (secondary N) is 1. The summed E-state index contributed by atoms with van der Waals surface area (Å²) in [5.41, 5.74) is 0.899. The second kappa shape index (κ2) is 8.46. The number of hydrogen-bond acceptors (Lipinski definition) is 2. The van der Waals surface area contributed by atoms with Crippen molar-refractivity contribution in [1.29, 1.82) is 0 Å².